The molecule has 1 saturated carbocycles. The molecule has 1 unspecified atom stereocenters. The highest BCUT2D eigenvalue weighted by atomic mass is 79.9. The van der Waals surface area contributed by atoms with E-state index in [2.05, 4.69) is 54.9 Å². The molecule has 3 rings (SSSR count). The Bertz CT molecular complexity index is 665. The molecule has 5 heteroatoms. The lowest BCUT2D eigenvalue weighted by Crippen LogP contribution is -2.44. The van der Waals surface area contributed by atoms with Crippen LogP contribution in [0.1, 0.15) is 63.6 Å². The molecule has 0 radical (unpaired) electrons. The molecule has 2 aliphatic carbocycles. The zero-order valence-electron chi connectivity index (χ0n) is 16.5. The standard InChI is InChI=1S/C21H32BrN3O/c1-14(2)25(13-26-4)20(23)24-19-18-11-17(22)6-5-16(18)12-21(19)9-7-15(3)8-10-21/h5-6,11,14-15,19H,7-10,12-13H2,1-4H3,(H2,23,24). The van der Waals surface area contributed by atoms with Crippen LogP contribution in [0.3, 0.4) is 0 Å². The highest BCUT2D eigenvalue weighted by Gasteiger charge is 2.47. The molecule has 0 heterocycles. The average Bonchev–Trinajstić information content (AvgIpc) is 2.88. The highest BCUT2D eigenvalue weighted by Crippen LogP contribution is 2.57. The quantitative estimate of drug-likeness (QED) is 0.428. The second-order valence-corrected chi connectivity index (χ2v) is 9.35. The van der Waals surface area contributed by atoms with Gasteiger partial charge in [-0.1, -0.05) is 41.8 Å². The van der Waals surface area contributed by atoms with Crippen molar-refractivity contribution in [1.29, 1.82) is 0 Å². The first-order valence-electron chi connectivity index (χ1n) is 9.73. The van der Waals surface area contributed by atoms with Crippen molar-refractivity contribution in [3.05, 3.63) is 33.8 Å². The fourth-order valence-electron chi connectivity index (χ4n) is 4.61. The lowest BCUT2D eigenvalue weighted by atomic mass is 9.67. The summed E-state index contributed by atoms with van der Waals surface area (Å²) in [6.07, 6.45) is 6.15. The van der Waals surface area contributed by atoms with Gasteiger partial charge in [-0.3, -0.25) is 0 Å². The van der Waals surface area contributed by atoms with Crippen molar-refractivity contribution < 1.29 is 4.74 Å². The number of halogens is 1. The van der Waals surface area contributed by atoms with Crippen LogP contribution in [0.5, 0.6) is 0 Å². The van der Waals surface area contributed by atoms with Crippen LogP contribution in [-0.2, 0) is 11.2 Å². The van der Waals surface area contributed by atoms with Crippen LogP contribution in [0.4, 0.5) is 0 Å². The molecule has 1 aromatic rings. The van der Waals surface area contributed by atoms with Gasteiger partial charge in [0.25, 0.3) is 0 Å². The lowest BCUT2D eigenvalue weighted by Gasteiger charge is -2.40. The van der Waals surface area contributed by atoms with Crippen molar-refractivity contribution >= 4 is 21.9 Å². The maximum absolute atomic E-state index is 6.48. The van der Waals surface area contributed by atoms with Gasteiger partial charge in [-0.25, -0.2) is 4.99 Å². The molecular weight excluding hydrogens is 390 g/mol. The first kappa shape index (κ1) is 19.7. The number of hydrogen-bond donors (Lipinski definition) is 1. The normalized spacial score (nSPS) is 28.6. The number of fused-ring (bicyclic) bond motifs is 1. The highest BCUT2D eigenvalue weighted by molar-refractivity contribution is 9.10. The van der Waals surface area contributed by atoms with Crippen LogP contribution in [0.25, 0.3) is 0 Å². The summed E-state index contributed by atoms with van der Waals surface area (Å²) >= 11 is 3.65. The van der Waals surface area contributed by atoms with E-state index < -0.39 is 0 Å². The van der Waals surface area contributed by atoms with Gasteiger partial charge >= 0.3 is 0 Å². The fraction of sp³-hybridized carbons (Fsp3) is 0.667. The zero-order valence-corrected chi connectivity index (χ0v) is 18.1. The summed E-state index contributed by atoms with van der Waals surface area (Å²) in [6, 6.07) is 7.06. The van der Waals surface area contributed by atoms with E-state index in [9.17, 15) is 0 Å². The molecule has 0 amide bonds. The maximum Gasteiger partial charge on any atom is 0.193 e. The second-order valence-electron chi connectivity index (χ2n) is 8.44. The van der Waals surface area contributed by atoms with Crippen molar-refractivity contribution in [3.63, 3.8) is 0 Å². The van der Waals surface area contributed by atoms with Crippen LogP contribution < -0.4 is 5.73 Å². The summed E-state index contributed by atoms with van der Waals surface area (Å²) in [5.74, 6) is 1.41. The van der Waals surface area contributed by atoms with Gasteiger partial charge in [0.1, 0.15) is 6.73 Å². The monoisotopic (exact) mass is 421 g/mol. The second kappa shape index (κ2) is 7.89. The van der Waals surface area contributed by atoms with Gasteiger partial charge in [0.2, 0.25) is 0 Å². The lowest BCUT2D eigenvalue weighted by molar-refractivity contribution is 0.0896. The number of aliphatic imine (C=N–C) groups is 1. The van der Waals surface area contributed by atoms with Crippen molar-refractivity contribution in [1.82, 2.24) is 4.90 Å². The van der Waals surface area contributed by atoms with Crippen LogP contribution in [-0.4, -0.2) is 30.7 Å². The van der Waals surface area contributed by atoms with E-state index in [0.29, 0.717) is 12.7 Å². The average molecular weight is 422 g/mol. The zero-order chi connectivity index (χ0) is 18.9. The largest absolute Gasteiger partial charge is 0.370 e. The van der Waals surface area contributed by atoms with Crippen molar-refractivity contribution in [2.24, 2.45) is 22.1 Å². The molecule has 144 valence electrons. The Kier molecular flexibility index (Phi) is 5.97. The molecule has 1 atom stereocenters. The molecule has 1 spiro atoms. The summed E-state index contributed by atoms with van der Waals surface area (Å²) in [7, 11) is 1.70. The number of methoxy groups -OCH3 is 1. The van der Waals surface area contributed by atoms with E-state index in [0.717, 1.165) is 16.8 Å². The van der Waals surface area contributed by atoms with Gasteiger partial charge in [-0.15, -0.1) is 0 Å². The summed E-state index contributed by atoms with van der Waals surface area (Å²) < 4.78 is 6.47. The van der Waals surface area contributed by atoms with E-state index in [4.69, 9.17) is 15.5 Å². The van der Waals surface area contributed by atoms with Gasteiger partial charge < -0.3 is 15.4 Å². The predicted molar refractivity (Wildman–Crippen MR) is 111 cm³/mol. The summed E-state index contributed by atoms with van der Waals surface area (Å²) in [5.41, 5.74) is 9.48. The number of benzene rings is 1. The van der Waals surface area contributed by atoms with Gasteiger partial charge in [0, 0.05) is 23.0 Å². The van der Waals surface area contributed by atoms with Crippen LogP contribution in [0, 0.1) is 11.3 Å². The van der Waals surface area contributed by atoms with Gasteiger partial charge in [0.05, 0.1) is 6.04 Å². The summed E-state index contributed by atoms with van der Waals surface area (Å²) in [6.45, 7) is 7.09. The third-order valence-corrected chi connectivity index (χ3v) is 6.74. The Morgan fingerprint density at radius 1 is 1.38 bits per heavy atom. The predicted octanol–water partition coefficient (Wildman–Crippen LogP) is 4.87. The minimum absolute atomic E-state index is 0.139. The number of hydrogen-bond acceptors (Lipinski definition) is 2. The van der Waals surface area contributed by atoms with E-state index in [1.807, 2.05) is 4.90 Å². The third kappa shape index (κ3) is 3.79. The number of rotatable bonds is 4. The van der Waals surface area contributed by atoms with Crippen molar-refractivity contribution in [3.8, 4) is 0 Å². The van der Waals surface area contributed by atoms with E-state index in [-0.39, 0.29) is 17.5 Å². The SMILES string of the molecule is COCN(C(N)=NC1c2cc(Br)ccc2CC12CCC(C)CC2)C(C)C. The van der Waals surface area contributed by atoms with E-state index >= 15 is 0 Å². The molecule has 4 nitrogen and oxygen atoms in total. The minimum Gasteiger partial charge on any atom is -0.370 e. The Labute approximate surface area is 166 Å². The van der Waals surface area contributed by atoms with E-state index in [1.165, 1.54) is 36.8 Å². The van der Waals surface area contributed by atoms with E-state index in [1.54, 1.807) is 7.11 Å². The Morgan fingerprint density at radius 3 is 2.69 bits per heavy atom. The third-order valence-electron chi connectivity index (χ3n) is 6.24. The van der Waals surface area contributed by atoms with Gasteiger partial charge in [0.15, 0.2) is 5.96 Å². The molecule has 0 aromatic heterocycles. The van der Waals surface area contributed by atoms with Gasteiger partial charge in [-0.2, -0.15) is 0 Å². The summed E-state index contributed by atoms with van der Waals surface area (Å²) in [5, 5.41) is 0. The maximum atomic E-state index is 6.48. The first-order valence-corrected chi connectivity index (χ1v) is 10.5. The number of nitrogens with zero attached hydrogens (tertiary/aromatic N) is 2. The topological polar surface area (TPSA) is 50.9 Å². The Hall–Kier alpha value is -1.07. The first-order chi connectivity index (χ1) is 12.4. The molecule has 0 bridgehead atoms. The van der Waals surface area contributed by atoms with Crippen molar-refractivity contribution in [2.75, 3.05) is 13.8 Å². The Morgan fingerprint density at radius 2 is 2.08 bits per heavy atom. The molecule has 1 aromatic carbocycles. The molecule has 26 heavy (non-hydrogen) atoms. The summed E-state index contributed by atoms with van der Waals surface area (Å²) in [4.78, 5) is 7.16. The van der Waals surface area contributed by atoms with Crippen LogP contribution in [0.2, 0.25) is 0 Å². The Balaban J connectivity index is 1.99. The minimum atomic E-state index is 0.139. The van der Waals surface area contributed by atoms with Crippen LogP contribution in [0.15, 0.2) is 27.7 Å². The smallest absolute Gasteiger partial charge is 0.193 e. The number of guanidine groups is 1. The number of nitrogens with two attached hydrogens (primary N) is 1. The van der Waals surface area contributed by atoms with Gasteiger partial charge in [-0.05, 0) is 62.3 Å². The fourth-order valence-corrected chi connectivity index (χ4v) is 4.98. The molecule has 2 aliphatic rings. The number of ether oxygens (including phenoxy) is 1. The molecule has 2 N–H and O–H groups in total. The van der Waals surface area contributed by atoms with Crippen LogP contribution >= 0.6 is 15.9 Å². The molecule has 0 aliphatic heterocycles. The molecular formula is C21H32BrN3O. The van der Waals surface area contributed by atoms with Crippen molar-refractivity contribution in [2.45, 2.75) is 65.0 Å². The molecule has 0 saturated heterocycles. The molecule has 1 fully saturated rings.